The molecular formula is C16H27N3O2. The summed E-state index contributed by atoms with van der Waals surface area (Å²) >= 11 is 0. The highest BCUT2D eigenvalue weighted by Gasteiger charge is 2.20. The molecule has 1 aromatic heterocycles. The van der Waals surface area contributed by atoms with Crippen LogP contribution in [-0.4, -0.2) is 51.5 Å². The van der Waals surface area contributed by atoms with Crippen molar-refractivity contribution in [2.45, 2.75) is 31.8 Å². The van der Waals surface area contributed by atoms with Gasteiger partial charge >= 0.3 is 0 Å². The second-order valence-corrected chi connectivity index (χ2v) is 5.47. The molecule has 1 N–H and O–H groups in total. The van der Waals surface area contributed by atoms with E-state index in [2.05, 4.69) is 28.4 Å². The van der Waals surface area contributed by atoms with Gasteiger partial charge in [0.25, 0.3) is 0 Å². The lowest BCUT2D eigenvalue weighted by molar-refractivity contribution is 0.191. The zero-order chi connectivity index (χ0) is 14.9. The third-order valence-corrected chi connectivity index (χ3v) is 3.61. The highest BCUT2D eigenvalue weighted by atomic mass is 16.5. The van der Waals surface area contributed by atoms with E-state index in [0.29, 0.717) is 12.6 Å². The minimum Gasteiger partial charge on any atom is -0.385 e. The molecule has 0 bridgehead atoms. The van der Waals surface area contributed by atoms with Crippen LogP contribution in [0.4, 0.5) is 5.82 Å². The second-order valence-electron chi connectivity index (χ2n) is 5.47. The van der Waals surface area contributed by atoms with Gasteiger partial charge in [0.05, 0.1) is 12.3 Å². The van der Waals surface area contributed by atoms with Crippen LogP contribution < -0.4 is 10.2 Å². The van der Waals surface area contributed by atoms with Gasteiger partial charge in [-0.15, -0.1) is 0 Å². The van der Waals surface area contributed by atoms with Gasteiger partial charge in [-0.25, -0.2) is 4.98 Å². The second kappa shape index (κ2) is 8.97. The first-order valence-corrected chi connectivity index (χ1v) is 7.75. The molecule has 1 aliphatic rings. The van der Waals surface area contributed by atoms with Crippen molar-refractivity contribution in [3.63, 3.8) is 0 Å². The summed E-state index contributed by atoms with van der Waals surface area (Å²) in [7, 11) is 3.47. The number of anilines is 1. The number of hydrogen-bond donors (Lipinski definition) is 1. The van der Waals surface area contributed by atoms with Crippen LogP contribution in [-0.2, 0) is 16.0 Å². The number of aromatic nitrogens is 1. The topological polar surface area (TPSA) is 46.6 Å². The largest absolute Gasteiger partial charge is 0.385 e. The number of rotatable bonds is 11. The molecule has 0 unspecified atom stereocenters. The average molecular weight is 293 g/mol. The van der Waals surface area contributed by atoms with Crippen molar-refractivity contribution in [3.05, 3.63) is 23.9 Å². The number of methoxy groups -OCH3 is 2. The van der Waals surface area contributed by atoms with Crippen molar-refractivity contribution in [3.8, 4) is 0 Å². The normalized spacial score (nSPS) is 14.4. The van der Waals surface area contributed by atoms with Crippen molar-refractivity contribution < 1.29 is 9.47 Å². The lowest BCUT2D eigenvalue weighted by Crippen LogP contribution is -2.30. The monoisotopic (exact) mass is 293 g/mol. The van der Waals surface area contributed by atoms with Gasteiger partial charge in [-0.3, -0.25) is 0 Å². The van der Waals surface area contributed by atoms with Crippen LogP contribution in [0.15, 0.2) is 18.2 Å². The first-order valence-electron chi connectivity index (χ1n) is 7.75. The van der Waals surface area contributed by atoms with Gasteiger partial charge in [0.15, 0.2) is 0 Å². The Morgan fingerprint density at radius 2 is 2.00 bits per heavy atom. The van der Waals surface area contributed by atoms with Crippen LogP contribution in [0.2, 0.25) is 0 Å². The molecule has 0 radical (unpaired) electrons. The fourth-order valence-electron chi connectivity index (χ4n) is 2.22. The molecule has 5 heteroatoms. The molecule has 1 heterocycles. The summed E-state index contributed by atoms with van der Waals surface area (Å²) < 4.78 is 10.3. The van der Waals surface area contributed by atoms with Crippen LogP contribution in [0.25, 0.3) is 0 Å². The highest BCUT2D eigenvalue weighted by Crippen LogP contribution is 2.19. The van der Waals surface area contributed by atoms with Crippen LogP contribution in [0.3, 0.4) is 0 Å². The highest BCUT2D eigenvalue weighted by molar-refractivity contribution is 5.39. The first kappa shape index (κ1) is 16.2. The number of ether oxygens (including phenoxy) is 2. The van der Waals surface area contributed by atoms with Gasteiger partial charge in [-0.1, -0.05) is 6.07 Å². The molecule has 0 saturated heterocycles. The van der Waals surface area contributed by atoms with Crippen LogP contribution in [0.5, 0.6) is 0 Å². The van der Waals surface area contributed by atoms with Crippen molar-refractivity contribution in [1.82, 2.24) is 10.3 Å². The van der Waals surface area contributed by atoms with E-state index >= 15 is 0 Å². The number of pyridine rings is 1. The minimum atomic E-state index is 0.708. The SMILES string of the molecule is COCCCN(CCOC)c1cccc(CNC2CC2)n1. The quantitative estimate of drug-likeness (QED) is 0.631. The lowest BCUT2D eigenvalue weighted by Gasteiger charge is -2.23. The van der Waals surface area contributed by atoms with E-state index in [-0.39, 0.29) is 0 Å². The summed E-state index contributed by atoms with van der Waals surface area (Å²) in [5, 5.41) is 3.51. The zero-order valence-electron chi connectivity index (χ0n) is 13.2. The molecule has 0 aliphatic heterocycles. The van der Waals surface area contributed by atoms with Crippen LogP contribution >= 0.6 is 0 Å². The van der Waals surface area contributed by atoms with Gasteiger partial charge < -0.3 is 19.7 Å². The van der Waals surface area contributed by atoms with E-state index in [9.17, 15) is 0 Å². The minimum absolute atomic E-state index is 0.708. The van der Waals surface area contributed by atoms with Gasteiger partial charge in [-0.05, 0) is 31.4 Å². The number of nitrogens with one attached hydrogen (secondary N) is 1. The fraction of sp³-hybridized carbons (Fsp3) is 0.688. The fourth-order valence-corrected chi connectivity index (χ4v) is 2.22. The van der Waals surface area contributed by atoms with Gasteiger partial charge in [0.1, 0.15) is 5.82 Å². The van der Waals surface area contributed by atoms with E-state index in [0.717, 1.165) is 44.2 Å². The molecule has 1 fully saturated rings. The summed E-state index contributed by atoms with van der Waals surface area (Å²) in [5.41, 5.74) is 1.11. The average Bonchev–Trinajstić information content (AvgIpc) is 3.33. The van der Waals surface area contributed by atoms with E-state index in [4.69, 9.17) is 14.5 Å². The molecule has 0 aromatic carbocycles. The van der Waals surface area contributed by atoms with Crippen molar-refractivity contribution in [2.24, 2.45) is 0 Å². The summed E-state index contributed by atoms with van der Waals surface area (Å²) in [6, 6.07) is 6.95. The summed E-state index contributed by atoms with van der Waals surface area (Å²) in [4.78, 5) is 7.04. The molecule has 0 spiro atoms. The molecule has 21 heavy (non-hydrogen) atoms. The van der Waals surface area contributed by atoms with Crippen molar-refractivity contribution >= 4 is 5.82 Å². The third kappa shape index (κ3) is 5.99. The molecule has 118 valence electrons. The standard InChI is InChI=1S/C16H27N3O2/c1-20-11-4-9-19(10-12-21-2)16-6-3-5-15(18-16)13-17-14-7-8-14/h3,5-6,14,17H,4,7-13H2,1-2H3. The van der Waals surface area contributed by atoms with E-state index in [1.165, 1.54) is 12.8 Å². The van der Waals surface area contributed by atoms with Crippen molar-refractivity contribution in [1.29, 1.82) is 0 Å². The maximum absolute atomic E-state index is 5.20. The lowest BCUT2D eigenvalue weighted by atomic mass is 10.3. The van der Waals surface area contributed by atoms with Gasteiger partial charge in [-0.2, -0.15) is 0 Å². The van der Waals surface area contributed by atoms with E-state index < -0.39 is 0 Å². The maximum Gasteiger partial charge on any atom is 0.128 e. The van der Waals surface area contributed by atoms with E-state index in [1.54, 1.807) is 14.2 Å². The van der Waals surface area contributed by atoms with Gasteiger partial charge in [0.2, 0.25) is 0 Å². The Kier molecular flexibility index (Phi) is 6.92. The van der Waals surface area contributed by atoms with Crippen LogP contribution in [0, 0.1) is 0 Å². The number of hydrogen-bond acceptors (Lipinski definition) is 5. The molecular weight excluding hydrogens is 266 g/mol. The Morgan fingerprint density at radius 3 is 2.71 bits per heavy atom. The zero-order valence-corrected chi connectivity index (χ0v) is 13.2. The Hall–Kier alpha value is -1.17. The number of nitrogens with zero attached hydrogens (tertiary/aromatic N) is 2. The molecule has 0 atom stereocenters. The van der Waals surface area contributed by atoms with Gasteiger partial charge in [0, 0.05) is 46.5 Å². The first-order chi connectivity index (χ1) is 10.3. The Bertz CT molecular complexity index is 410. The van der Waals surface area contributed by atoms with E-state index in [1.807, 2.05) is 0 Å². The Morgan fingerprint density at radius 1 is 1.19 bits per heavy atom. The molecule has 1 aromatic rings. The molecule has 5 nitrogen and oxygen atoms in total. The predicted octanol–water partition coefficient (Wildman–Crippen LogP) is 1.82. The molecule has 1 aliphatic carbocycles. The molecule has 0 amide bonds. The van der Waals surface area contributed by atoms with Crippen LogP contribution in [0.1, 0.15) is 25.0 Å². The maximum atomic E-state index is 5.20. The summed E-state index contributed by atoms with van der Waals surface area (Å²) in [6.07, 6.45) is 3.60. The Balaban J connectivity index is 1.93. The summed E-state index contributed by atoms with van der Waals surface area (Å²) in [6.45, 7) is 4.12. The molecule has 2 rings (SSSR count). The van der Waals surface area contributed by atoms with Crippen molar-refractivity contribution in [2.75, 3.05) is 45.4 Å². The third-order valence-electron chi connectivity index (χ3n) is 3.61. The Labute approximate surface area is 127 Å². The molecule has 1 saturated carbocycles. The summed E-state index contributed by atoms with van der Waals surface area (Å²) in [5.74, 6) is 1.03. The predicted molar refractivity (Wildman–Crippen MR) is 84.7 cm³/mol. The smallest absolute Gasteiger partial charge is 0.128 e.